The van der Waals surface area contributed by atoms with Crippen LogP contribution in [0.3, 0.4) is 0 Å². The van der Waals surface area contributed by atoms with Crippen LogP contribution >= 0.6 is 0 Å². The number of nitrogens with zero attached hydrogens (tertiary/aromatic N) is 4. The van der Waals surface area contributed by atoms with Gasteiger partial charge in [-0.2, -0.15) is 5.10 Å². The van der Waals surface area contributed by atoms with Crippen LogP contribution < -0.4 is 14.8 Å². The van der Waals surface area contributed by atoms with Gasteiger partial charge in [-0.1, -0.05) is 36.4 Å². The number of carbonyl (C=O) groups is 1. The van der Waals surface area contributed by atoms with E-state index in [1.165, 1.54) is 0 Å². The van der Waals surface area contributed by atoms with Gasteiger partial charge in [0.2, 0.25) is 0 Å². The number of fused-ring (bicyclic) bond motifs is 1. The predicted octanol–water partition coefficient (Wildman–Crippen LogP) is 3.22. The number of amides is 1. The molecule has 9 nitrogen and oxygen atoms in total. The third kappa shape index (κ3) is 4.75. The highest BCUT2D eigenvalue weighted by Crippen LogP contribution is 2.32. The van der Waals surface area contributed by atoms with E-state index in [2.05, 4.69) is 20.3 Å². The van der Waals surface area contributed by atoms with Crippen molar-refractivity contribution in [3.05, 3.63) is 78.1 Å². The molecule has 2 aromatic carbocycles. The highest BCUT2D eigenvalue weighted by molar-refractivity contribution is 5.99. The number of ether oxygens (including phenoxy) is 3. The lowest BCUT2D eigenvalue weighted by Gasteiger charge is -2.35. The predicted molar refractivity (Wildman–Crippen MR) is 135 cm³/mol. The summed E-state index contributed by atoms with van der Waals surface area (Å²) in [6.45, 7) is 3.25. The molecule has 1 fully saturated rings. The first-order valence-electron chi connectivity index (χ1n) is 11.9. The van der Waals surface area contributed by atoms with Crippen LogP contribution in [0.2, 0.25) is 0 Å². The van der Waals surface area contributed by atoms with E-state index >= 15 is 0 Å². The van der Waals surface area contributed by atoms with Crippen molar-refractivity contribution in [2.45, 2.75) is 6.04 Å². The minimum Gasteiger partial charge on any atom is -0.493 e. The topological polar surface area (TPSA) is 90.2 Å². The Morgan fingerprint density at radius 1 is 1.06 bits per heavy atom. The van der Waals surface area contributed by atoms with Gasteiger partial charge in [-0.15, -0.1) is 0 Å². The molecule has 0 aliphatic carbocycles. The van der Waals surface area contributed by atoms with E-state index in [4.69, 9.17) is 14.2 Å². The SMILES string of the molecule is COc1ccc(C(CNC(=O)c2cnn3c(-c4ccccc4)ccnc23)N2CCOCC2)cc1OC. The van der Waals surface area contributed by atoms with Gasteiger partial charge in [-0.05, 0) is 23.8 Å². The molecule has 1 aliphatic rings. The first-order chi connectivity index (χ1) is 17.7. The average molecular weight is 488 g/mol. The molecule has 0 radical (unpaired) electrons. The van der Waals surface area contributed by atoms with Gasteiger partial charge in [0.15, 0.2) is 17.1 Å². The minimum atomic E-state index is -0.221. The molecule has 0 saturated carbocycles. The molecule has 1 amide bonds. The molecule has 1 aliphatic heterocycles. The van der Waals surface area contributed by atoms with Crippen molar-refractivity contribution >= 4 is 11.6 Å². The smallest absolute Gasteiger partial charge is 0.256 e. The van der Waals surface area contributed by atoms with Crippen LogP contribution in [-0.4, -0.2) is 72.5 Å². The quantitative estimate of drug-likeness (QED) is 0.408. The van der Waals surface area contributed by atoms with E-state index in [1.807, 2.05) is 54.6 Å². The molecule has 186 valence electrons. The fourth-order valence-corrected chi connectivity index (χ4v) is 4.57. The maximum Gasteiger partial charge on any atom is 0.256 e. The van der Waals surface area contributed by atoms with E-state index in [0.29, 0.717) is 42.5 Å². The fraction of sp³-hybridized carbons (Fsp3) is 0.296. The second kappa shape index (κ2) is 10.8. The van der Waals surface area contributed by atoms with Gasteiger partial charge in [-0.3, -0.25) is 9.69 Å². The van der Waals surface area contributed by atoms with Crippen LogP contribution in [-0.2, 0) is 4.74 Å². The molecule has 36 heavy (non-hydrogen) atoms. The summed E-state index contributed by atoms with van der Waals surface area (Å²) in [5, 5.41) is 7.58. The number of aromatic nitrogens is 3. The Kier molecular flexibility index (Phi) is 7.11. The standard InChI is InChI=1S/C27H29N5O4/c1-34-24-9-8-20(16-25(24)35-2)23(31-12-14-36-15-13-31)18-29-27(33)21-17-30-32-22(10-11-28-26(21)32)19-6-4-3-5-7-19/h3-11,16-17,23H,12-15,18H2,1-2H3,(H,29,33). The molecule has 4 aromatic rings. The monoisotopic (exact) mass is 487 g/mol. The van der Waals surface area contributed by atoms with Crippen molar-refractivity contribution in [2.75, 3.05) is 47.1 Å². The summed E-state index contributed by atoms with van der Waals surface area (Å²) in [5.74, 6) is 1.10. The fourth-order valence-electron chi connectivity index (χ4n) is 4.57. The molecule has 3 heterocycles. The van der Waals surface area contributed by atoms with Crippen molar-refractivity contribution in [3.63, 3.8) is 0 Å². The lowest BCUT2D eigenvalue weighted by atomic mass is 10.0. The average Bonchev–Trinajstić information content (AvgIpc) is 3.38. The number of carbonyl (C=O) groups excluding carboxylic acids is 1. The highest BCUT2D eigenvalue weighted by atomic mass is 16.5. The molecule has 0 bridgehead atoms. The minimum absolute atomic E-state index is 0.0627. The lowest BCUT2D eigenvalue weighted by molar-refractivity contribution is 0.0162. The van der Waals surface area contributed by atoms with E-state index in [-0.39, 0.29) is 11.9 Å². The molecular formula is C27H29N5O4. The first kappa shape index (κ1) is 23.8. The van der Waals surface area contributed by atoms with Gasteiger partial charge in [-0.25, -0.2) is 9.50 Å². The zero-order valence-electron chi connectivity index (χ0n) is 20.4. The third-order valence-electron chi connectivity index (χ3n) is 6.45. The van der Waals surface area contributed by atoms with Gasteiger partial charge in [0.05, 0.1) is 45.4 Å². The number of nitrogens with one attached hydrogen (secondary N) is 1. The van der Waals surface area contributed by atoms with E-state index in [0.717, 1.165) is 29.9 Å². The summed E-state index contributed by atoms with van der Waals surface area (Å²) < 4.78 is 18.2. The third-order valence-corrected chi connectivity index (χ3v) is 6.45. The molecule has 9 heteroatoms. The molecule has 5 rings (SSSR count). The number of hydrogen-bond acceptors (Lipinski definition) is 7. The number of hydrogen-bond donors (Lipinski definition) is 1. The van der Waals surface area contributed by atoms with Crippen molar-refractivity contribution in [1.29, 1.82) is 0 Å². The summed E-state index contributed by atoms with van der Waals surface area (Å²) in [7, 11) is 3.24. The molecule has 0 spiro atoms. The summed E-state index contributed by atoms with van der Waals surface area (Å²) in [5.41, 5.74) is 3.85. The van der Waals surface area contributed by atoms with E-state index < -0.39 is 0 Å². The summed E-state index contributed by atoms with van der Waals surface area (Å²) >= 11 is 0. The molecule has 1 unspecified atom stereocenters. The molecule has 2 aromatic heterocycles. The van der Waals surface area contributed by atoms with Crippen molar-refractivity contribution in [3.8, 4) is 22.8 Å². The number of methoxy groups -OCH3 is 2. The summed E-state index contributed by atoms with van der Waals surface area (Å²) in [6, 6.07) is 17.6. The Morgan fingerprint density at radius 2 is 1.83 bits per heavy atom. The second-order valence-electron chi connectivity index (χ2n) is 8.48. The molecule has 1 atom stereocenters. The van der Waals surface area contributed by atoms with Crippen LogP contribution in [0, 0.1) is 0 Å². The summed E-state index contributed by atoms with van der Waals surface area (Å²) in [6.07, 6.45) is 3.28. The van der Waals surface area contributed by atoms with Gasteiger partial charge in [0.25, 0.3) is 5.91 Å². The Morgan fingerprint density at radius 3 is 2.58 bits per heavy atom. The molecular weight excluding hydrogens is 458 g/mol. The Hall–Kier alpha value is -3.95. The number of rotatable bonds is 8. The largest absolute Gasteiger partial charge is 0.493 e. The number of benzene rings is 2. The van der Waals surface area contributed by atoms with Gasteiger partial charge in [0, 0.05) is 31.4 Å². The summed E-state index contributed by atoms with van der Waals surface area (Å²) in [4.78, 5) is 20.1. The zero-order chi connectivity index (χ0) is 24.9. The van der Waals surface area contributed by atoms with Crippen LogP contribution in [0.4, 0.5) is 0 Å². The Balaban J connectivity index is 1.40. The zero-order valence-corrected chi connectivity index (χ0v) is 20.4. The van der Waals surface area contributed by atoms with Crippen molar-refractivity contribution < 1.29 is 19.0 Å². The first-order valence-corrected chi connectivity index (χ1v) is 11.9. The second-order valence-corrected chi connectivity index (χ2v) is 8.48. The van der Waals surface area contributed by atoms with E-state index in [1.54, 1.807) is 31.1 Å². The Bertz CT molecular complexity index is 1330. The van der Waals surface area contributed by atoms with E-state index in [9.17, 15) is 4.79 Å². The Labute approximate surface area is 209 Å². The van der Waals surface area contributed by atoms with Crippen molar-refractivity contribution in [2.24, 2.45) is 0 Å². The van der Waals surface area contributed by atoms with Gasteiger partial charge in [0.1, 0.15) is 5.56 Å². The van der Waals surface area contributed by atoms with Crippen LogP contribution in [0.1, 0.15) is 22.0 Å². The van der Waals surface area contributed by atoms with Crippen LogP contribution in [0.25, 0.3) is 16.9 Å². The normalized spacial score (nSPS) is 14.9. The van der Waals surface area contributed by atoms with Gasteiger partial charge < -0.3 is 19.5 Å². The highest BCUT2D eigenvalue weighted by Gasteiger charge is 2.25. The van der Waals surface area contributed by atoms with Crippen LogP contribution in [0.15, 0.2) is 67.0 Å². The van der Waals surface area contributed by atoms with Gasteiger partial charge >= 0.3 is 0 Å². The lowest BCUT2D eigenvalue weighted by Crippen LogP contribution is -2.43. The molecule has 1 N–H and O–H groups in total. The maximum atomic E-state index is 13.3. The van der Waals surface area contributed by atoms with Crippen LogP contribution in [0.5, 0.6) is 11.5 Å². The van der Waals surface area contributed by atoms with Crippen molar-refractivity contribution in [1.82, 2.24) is 24.8 Å². The number of morpholine rings is 1. The molecule has 1 saturated heterocycles. The maximum absolute atomic E-state index is 13.3.